The molecule has 0 aromatic carbocycles. The Bertz CT molecular complexity index is 856. The fraction of sp³-hybridized carbons (Fsp3) is 0.727. The fourth-order valence-electron chi connectivity index (χ4n) is 5.46. The van der Waals surface area contributed by atoms with Gasteiger partial charge in [-0.3, -0.25) is 19.7 Å². The highest BCUT2D eigenvalue weighted by Crippen LogP contribution is 2.31. The Hall–Kier alpha value is -2.04. The molecule has 0 radical (unpaired) electrons. The molecule has 1 aliphatic carbocycles. The molecule has 9 nitrogen and oxygen atoms in total. The number of nitrogens with one attached hydrogen (secondary N) is 1. The summed E-state index contributed by atoms with van der Waals surface area (Å²) in [7, 11) is 0. The van der Waals surface area contributed by atoms with Gasteiger partial charge in [0.15, 0.2) is 11.6 Å². The number of amides is 2. The molecule has 1 aromatic rings. The summed E-state index contributed by atoms with van der Waals surface area (Å²) in [6.07, 6.45) is 7.41. The molecular formula is C22H32ClFN6O3. The van der Waals surface area contributed by atoms with E-state index in [0.717, 1.165) is 51.6 Å². The summed E-state index contributed by atoms with van der Waals surface area (Å²) in [5.74, 6) is -0.950. The number of rotatable bonds is 9. The van der Waals surface area contributed by atoms with Crippen molar-refractivity contribution >= 4 is 29.7 Å². The van der Waals surface area contributed by atoms with E-state index in [9.17, 15) is 14.8 Å². The van der Waals surface area contributed by atoms with Crippen molar-refractivity contribution in [2.45, 2.75) is 57.5 Å². The summed E-state index contributed by atoms with van der Waals surface area (Å²) in [4.78, 5) is 36.3. The van der Waals surface area contributed by atoms with E-state index in [1.165, 1.54) is 0 Å². The zero-order valence-corrected chi connectivity index (χ0v) is 19.5. The highest BCUT2D eigenvalue weighted by Gasteiger charge is 2.33. The van der Waals surface area contributed by atoms with Crippen LogP contribution >= 0.6 is 11.6 Å². The molecule has 2 N–H and O–H groups in total. The molecule has 2 atom stereocenters. The molecule has 3 heterocycles. The molecule has 0 bridgehead atoms. The number of hydroxylamine groups is 2. The summed E-state index contributed by atoms with van der Waals surface area (Å²) in [5.41, 5.74) is 0.0306. The Morgan fingerprint density at radius 1 is 1.24 bits per heavy atom. The number of fused-ring (bicyclic) bond motifs is 1. The predicted molar refractivity (Wildman–Crippen MR) is 120 cm³/mol. The van der Waals surface area contributed by atoms with E-state index in [-0.39, 0.29) is 42.2 Å². The monoisotopic (exact) mass is 482 g/mol. The number of hydrogen-bond donors (Lipinski definition) is 2. The summed E-state index contributed by atoms with van der Waals surface area (Å²) < 4.78 is 15.3. The first-order chi connectivity index (χ1) is 15.9. The quantitative estimate of drug-likeness (QED) is 0.241. The summed E-state index contributed by atoms with van der Waals surface area (Å²) in [6, 6.07) is 0.394. The van der Waals surface area contributed by atoms with Gasteiger partial charge in [-0.05, 0) is 43.3 Å². The number of nitrogens with zero attached hydrogens (tertiary/aromatic N) is 5. The van der Waals surface area contributed by atoms with Gasteiger partial charge in [0.2, 0.25) is 17.6 Å². The second-order valence-electron chi connectivity index (χ2n) is 9.38. The van der Waals surface area contributed by atoms with E-state index >= 15 is 4.39 Å². The standard InChI is InChI=1S/C22H32ClFN6O3/c23-22-26-18(19(24)20(27-22)29-9-8-28-7-3-6-17(28)13-29)11-25-21(32)16(12-30(33)14-31)10-15-4-1-2-5-15/h14-17,33H,1-13H2,(H,25,32)/t16-,17+/m1/s1. The Morgan fingerprint density at radius 3 is 2.79 bits per heavy atom. The van der Waals surface area contributed by atoms with Crippen molar-refractivity contribution in [1.29, 1.82) is 0 Å². The molecule has 33 heavy (non-hydrogen) atoms. The maximum absolute atomic E-state index is 15.3. The highest BCUT2D eigenvalue weighted by atomic mass is 35.5. The van der Waals surface area contributed by atoms with E-state index in [0.29, 0.717) is 36.5 Å². The van der Waals surface area contributed by atoms with Crippen molar-refractivity contribution < 1.29 is 19.2 Å². The number of anilines is 1. The minimum absolute atomic E-state index is 0.0306. The predicted octanol–water partition coefficient (Wildman–Crippen LogP) is 2.21. The number of hydrogen-bond acceptors (Lipinski definition) is 7. The zero-order chi connectivity index (χ0) is 23.4. The molecule has 11 heteroatoms. The number of carbonyl (C=O) groups is 2. The SMILES string of the molecule is O=CN(O)C[C@@H](CC1CCCC1)C(=O)NCc1nc(Cl)nc(N2CCN3CCC[C@H]3C2)c1F. The molecule has 1 saturated carbocycles. The average Bonchev–Trinajstić information content (AvgIpc) is 3.50. The second kappa shape index (κ2) is 10.9. The van der Waals surface area contributed by atoms with Crippen LogP contribution in [0.5, 0.6) is 0 Å². The summed E-state index contributed by atoms with van der Waals surface area (Å²) in [5, 5.41) is 12.8. The molecule has 3 fully saturated rings. The summed E-state index contributed by atoms with van der Waals surface area (Å²) in [6.45, 7) is 3.05. The molecule has 3 aliphatic rings. The van der Waals surface area contributed by atoms with Gasteiger partial charge in [0.1, 0.15) is 5.69 Å². The van der Waals surface area contributed by atoms with Crippen molar-refractivity contribution in [3.8, 4) is 0 Å². The maximum Gasteiger partial charge on any atom is 0.233 e. The van der Waals surface area contributed by atoms with Crippen molar-refractivity contribution in [2.75, 3.05) is 37.6 Å². The largest absolute Gasteiger partial charge is 0.351 e. The molecule has 182 valence electrons. The topological polar surface area (TPSA) is 102 Å². The van der Waals surface area contributed by atoms with Crippen molar-refractivity contribution in [3.05, 3.63) is 16.8 Å². The zero-order valence-electron chi connectivity index (χ0n) is 18.8. The van der Waals surface area contributed by atoms with Gasteiger partial charge in [-0.25, -0.2) is 14.4 Å². The van der Waals surface area contributed by atoms with E-state index in [4.69, 9.17) is 11.6 Å². The summed E-state index contributed by atoms with van der Waals surface area (Å²) >= 11 is 6.11. The number of halogens is 2. The van der Waals surface area contributed by atoms with Crippen LogP contribution in [0.25, 0.3) is 0 Å². The Labute approximate surface area is 198 Å². The molecule has 0 spiro atoms. The lowest BCUT2D eigenvalue weighted by atomic mass is 9.92. The Kier molecular flexibility index (Phi) is 7.98. The third kappa shape index (κ3) is 5.91. The van der Waals surface area contributed by atoms with Crippen LogP contribution < -0.4 is 10.2 Å². The normalized spacial score (nSPS) is 22.3. The lowest BCUT2D eigenvalue weighted by Gasteiger charge is -2.38. The Morgan fingerprint density at radius 2 is 2.03 bits per heavy atom. The number of aromatic nitrogens is 2. The first-order valence-corrected chi connectivity index (χ1v) is 12.2. The van der Waals surface area contributed by atoms with Gasteiger partial charge < -0.3 is 10.2 Å². The van der Waals surface area contributed by atoms with Gasteiger partial charge >= 0.3 is 0 Å². The average molecular weight is 483 g/mol. The molecule has 2 aliphatic heterocycles. The Balaban J connectivity index is 1.42. The number of carbonyl (C=O) groups excluding carboxylic acids is 2. The van der Waals surface area contributed by atoms with Gasteiger partial charge in [0.25, 0.3) is 0 Å². The molecule has 0 unspecified atom stereocenters. The van der Waals surface area contributed by atoms with Crippen LogP contribution in [0.1, 0.15) is 50.6 Å². The first kappa shape index (κ1) is 24.1. The third-order valence-electron chi connectivity index (χ3n) is 7.18. The van der Waals surface area contributed by atoms with Crippen molar-refractivity contribution in [2.24, 2.45) is 11.8 Å². The first-order valence-electron chi connectivity index (χ1n) is 11.8. The van der Waals surface area contributed by atoms with Crippen molar-refractivity contribution in [1.82, 2.24) is 25.2 Å². The van der Waals surface area contributed by atoms with Gasteiger partial charge in [-0.1, -0.05) is 25.7 Å². The molecule has 4 rings (SSSR count). The minimum atomic E-state index is -0.585. The van der Waals surface area contributed by atoms with Gasteiger partial charge in [-0.15, -0.1) is 0 Å². The van der Waals surface area contributed by atoms with Crippen LogP contribution in [0, 0.1) is 17.7 Å². The van der Waals surface area contributed by atoms with Gasteiger partial charge in [0.05, 0.1) is 19.0 Å². The van der Waals surface area contributed by atoms with Crippen molar-refractivity contribution in [3.63, 3.8) is 0 Å². The molecule has 2 amide bonds. The van der Waals surface area contributed by atoms with E-state index in [2.05, 4.69) is 20.2 Å². The van der Waals surface area contributed by atoms with Gasteiger partial charge in [0, 0.05) is 25.7 Å². The van der Waals surface area contributed by atoms with Crippen LogP contribution in [-0.4, -0.2) is 76.2 Å². The highest BCUT2D eigenvalue weighted by molar-refractivity contribution is 6.28. The second-order valence-corrected chi connectivity index (χ2v) is 9.72. The van der Waals surface area contributed by atoms with Crippen LogP contribution in [-0.2, 0) is 16.1 Å². The van der Waals surface area contributed by atoms with Gasteiger partial charge in [-0.2, -0.15) is 4.98 Å². The van der Waals surface area contributed by atoms with E-state index in [1.807, 2.05) is 4.90 Å². The van der Waals surface area contributed by atoms with Crippen LogP contribution in [0.4, 0.5) is 10.2 Å². The fourth-order valence-corrected chi connectivity index (χ4v) is 5.64. The number of piperazine rings is 1. The third-order valence-corrected chi connectivity index (χ3v) is 7.35. The minimum Gasteiger partial charge on any atom is -0.351 e. The maximum atomic E-state index is 15.3. The van der Waals surface area contributed by atoms with Crippen LogP contribution in [0.15, 0.2) is 0 Å². The van der Waals surface area contributed by atoms with Crippen LogP contribution in [0.2, 0.25) is 5.28 Å². The smallest absolute Gasteiger partial charge is 0.233 e. The molecular weight excluding hydrogens is 451 g/mol. The lowest BCUT2D eigenvalue weighted by Crippen LogP contribution is -2.50. The van der Waals surface area contributed by atoms with E-state index in [1.54, 1.807) is 0 Å². The van der Waals surface area contributed by atoms with E-state index < -0.39 is 11.7 Å². The molecule has 1 aromatic heterocycles. The van der Waals surface area contributed by atoms with Crippen LogP contribution in [0.3, 0.4) is 0 Å². The lowest BCUT2D eigenvalue weighted by molar-refractivity contribution is -0.155. The molecule has 2 saturated heterocycles.